The lowest BCUT2D eigenvalue weighted by molar-refractivity contribution is -0.122. The summed E-state index contributed by atoms with van der Waals surface area (Å²) < 4.78 is 0. The van der Waals surface area contributed by atoms with Crippen molar-refractivity contribution in [3.05, 3.63) is 59.4 Å². The molecule has 4 N–H and O–H groups in total. The van der Waals surface area contributed by atoms with E-state index in [0.29, 0.717) is 23.3 Å². The number of nitrogens with one attached hydrogen (secondary N) is 2. The number of nitrogens with zero attached hydrogens (tertiary/aromatic N) is 2. The highest BCUT2D eigenvalue weighted by Gasteiger charge is 2.37. The zero-order chi connectivity index (χ0) is 21.4. The van der Waals surface area contributed by atoms with E-state index in [-0.39, 0.29) is 29.1 Å². The Labute approximate surface area is 173 Å². The van der Waals surface area contributed by atoms with Gasteiger partial charge in [0.05, 0.1) is 11.0 Å². The van der Waals surface area contributed by atoms with Crippen LogP contribution >= 0.6 is 0 Å². The largest absolute Gasteiger partial charge is 0.364 e. The molecule has 0 spiro atoms. The molecule has 154 valence electrons. The first kappa shape index (κ1) is 19.6. The smallest absolute Gasteiger partial charge is 0.273 e. The molecule has 0 saturated heterocycles. The minimum Gasteiger partial charge on any atom is -0.364 e. The second-order valence-electron chi connectivity index (χ2n) is 7.59. The van der Waals surface area contributed by atoms with Crippen molar-refractivity contribution in [2.75, 3.05) is 5.32 Å². The molecular weight excluding hydrogens is 382 g/mol. The monoisotopic (exact) mass is 405 g/mol. The Morgan fingerprint density at radius 1 is 1.27 bits per heavy atom. The number of anilines is 1. The van der Waals surface area contributed by atoms with Crippen LogP contribution in [0.3, 0.4) is 0 Å². The maximum atomic E-state index is 13.5. The lowest BCUT2D eigenvalue weighted by Crippen LogP contribution is -2.49. The molecule has 0 radical (unpaired) electrons. The fourth-order valence-electron chi connectivity index (χ4n) is 3.80. The number of para-hydroxylation sites is 1. The van der Waals surface area contributed by atoms with E-state index >= 15 is 0 Å². The van der Waals surface area contributed by atoms with Crippen LogP contribution in [0.15, 0.2) is 42.5 Å². The van der Waals surface area contributed by atoms with Crippen molar-refractivity contribution in [2.24, 2.45) is 11.7 Å². The number of carbonyl (C=O) groups is 3. The molecule has 3 heterocycles. The molecule has 4 rings (SSSR count). The molecule has 30 heavy (non-hydrogen) atoms. The van der Waals surface area contributed by atoms with Crippen molar-refractivity contribution in [3.8, 4) is 0 Å². The van der Waals surface area contributed by atoms with Crippen LogP contribution in [0.5, 0.6) is 0 Å². The Balaban J connectivity index is 1.76. The van der Waals surface area contributed by atoms with Crippen LogP contribution in [0.1, 0.15) is 46.8 Å². The number of benzene rings is 1. The van der Waals surface area contributed by atoms with Gasteiger partial charge in [-0.05, 0) is 35.7 Å². The third-order valence-electron chi connectivity index (χ3n) is 5.62. The minimum atomic E-state index is -0.625. The van der Waals surface area contributed by atoms with E-state index in [1.807, 2.05) is 38.1 Å². The minimum absolute atomic E-state index is 0.0410. The number of aromatic nitrogens is 2. The maximum Gasteiger partial charge on any atom is 0.273 e. The van der Waals surface area contributed by atoms with Gasteiger partial charge >= 0.3 is 0 Å². The van der Waals surface area contributed by atoms with Crippen LogP contribution in [-0.2, 0) is 11.3 Å². The highest BCUT2D eigenvalue weighted by molar-refractivity contribution is 6.03. The fourth-order valence-corrected chi connectivity index (χ4v) is 3.80. The van der Waals surface area contributed by atoms with Crippen molar-refractivity contribution >= 4 is 34.4 Å². The van der Waals surface area contributed by atoms with E-state index in [4.69, 9.17) is 5.73 Å². The van der Waals surface area contributed by atoms with Crippen molar-refractivity contribution in [2.45, 2.75) is 32.9 Å². The van der Waals surface area contributed by atoms with Crippen LogP contribution in [0.2, 0.25) is 0 Å². The van der Waals surface area contributed by atoms with Gasteiger partial charge in [-0.3, -0.25) is 14.4 Å². The Hall–Kier alpha value is -3.68. The number of hydrogen-bond acceptors (Lipinski definition) is 4. The van der Waals surface area contributed by atoms with Crippen molar-refractivity contribution in [3.63, 3.8) is 0 Å². The molecule has 0 aliphatic carbocycles. The predicted octanol–water partition coefficient (Wildman–Crippen LogP) is 2.67. The van der Waals surface area contributed by atoms with Gasteiger partial charge < -0.3 is 20.9 Å². The van der Waals surface area contributed by atoms with Gasteiger partial charge in [0.1, 0.15) is 17.4 Å². The highest BCUT2D eigenvalue weighted by Crippen LogP contribution is 2.28. The molecule has 2 aromatic heterocycles. The molecular formula is C22H23N5O3. The summed E-state index contributed by atoms with van der Waals surface area (Å²) in [6.45, 7) is 4.25. The Bertz CT molecular complexity index is 1150. The zero-order valence-corrected chi connectivity index (χ0v) is 16.8. The van der Waals surface area contributed by atoms with E-state index in [1.165, 1.54) is 6.07 Å². The van der Waals surface area contributed by atoms with Gasteiger partial charge in [0.2, 0.25) is 5.91 Å². The molecule has 1 aromatic carbocycles. The highest BCUT2D eigenvalue weighted by atomic mass is 16.2. The lowest BCUT2D eigenvalue weighted by Gasteiger charge is -2.32. The molecule has 8 nitrogen and oxygen atoms in total. The summed E-state index contributed by atoms with van der Waals surface area (Å²) in [5.41, 5.74) is 8.41. The van der Waals surface area contributed by atoms with E-state index in [9.17, 15) is 14.4 Å². The number of hydrogen-bond donors (Lipinski definition) is 3. The molecule has 0 fully saturated rings. The Kier molecular flexibility index (Phi) is 4.99. The van der Waals surface area contributed by atoms with E-state index < -0.39 is 11.9 Å². The van der Waals surface area contributed by atoms with E-state index in [0.717, 1.165) is 12.0 Å². The summed E-state index contributed by atoms with van der Waals surface area (Å²) in [6.07, 6.45) is 0.741. The third kappa shape index (κ3) is 3.41. The summed E-state index contributed by atoms with van der Waals surface area (Å²) >= 11 is 0. The second kappa shape index (κ2) is 7.62. The number of carbonyl (C=O) groups excluding carboxylic acids is 3. The summed E-state index contributed by atoms with van der Waals surface area (Å²) in [5, 5.41) is 2.96. The standard InChI is InChI=1S/C22H23N5O3/c1-3-12(2)19-21(29)26-14-7-5-4-6-13(14)11-27(19)22(30)16-9-8-15-17(25-16)10-18(24-15)20(23)28/h4-10,12,19,24H,3,11H2,1-2H3,(H2,23,28)(H,26,29)/t12-,19-/m0/s1. The maximum absolute atomic E-state index is 13.5. The molecule has 2 atom stereocenters. The predicted molar refractivity (Wildman–Crippen MR) is 113 cm³/mol. The lowest BCUT2D eigenvalue weighted by atomic mass is 9.96. The normalized spacial score (nSPS) is 17.2. The Morgan fingerprint density at radius 2 is 2.03 bits per heavy atom. The molecule has 8 heteroatoms. The number of nitrogens with two attached hydrogens (primary N) is 1. The average molecular weight is 405 g/mol. The third-order valence-corrected chi connectivity index (χ3v) is 5.62. The topological polar surface area (TPSA) is 121 Å². The summed E-state index contributed by atoms with van der Waals surface area (Å²) in [4.78, 5) is 46.9. The summed E-state index contributed by atoms with van der Waals surface area (Å²) in [6, 6.07) is 11.6. The van der Waals surface area contributed by atoms with Gasteiger partial charge in [-0.2, -0.15) is 0 Å². The van der Waals surface area contributed by atoms with Crippen molar-refractivity contribution in [1.82, 2.24) is 14.9 Å². The molecule has 1 aliphatic rings. The number of primary amides is 1. The first-order valence-electron chi connectivity index (χ1n) is 9.88. The molecule has 3 amide bonds. The van der Waals surface area contributed by atoms with Crippen molar-refractivity contribution < 1.29 is 14.4 Å². The number of rotatable bonds is 4. The number of pyridine rings is 1. The first-order chi connectivity index (χ1) is 14.4. The van der Waals surface area contributed by atoms with Crippen LogP contribution in [-0.4, -0.2) is 38.6 Å². The van der Waals surface area contributed by atoms with Gasteiger partial charge in [-0.25, -0.2) is 4.98 Å². The SMILES string of the molecule is CC[C@H](C)[C@H]1C(=O)Nc2ccccc2CN1C(=O)c1ccc2[nH]c(C(N)=O)cc2n1. The number of amides is 3. The van der Waals surface area contributed by atoms with Gasteiger partial charge in [-0.1, -0.05) is 38.5 Å². The molecule has 1 aliphatic heterocycles. The van der Waals surface area contributed by atoms with Crippen LogP contribution in [0, 0.1) is 5.92 Å². The molecule has 3 aromatic rings. The van der Waals surface area contributed by atoms with Gasteiger partial charge in [0.15, 0.2) is 0 Å². The first-order valence-corrected chi connectivity index (χ1v) is 9.88. The number of H-pyrrole nitrogens is 1. The molecule has 0 bridgehead atoms. The average Bonchev–Trinajstić information content (AvgIpc) is 3.11. The molecule has 0 saturated carbocycles. The van der Waals surface area contributed by atoms with Crippen LogP contribution in [0.25, 0.3) is 11.0 Å². The summed E-state index contributed by atoms with van der Waals surface area (Å²) in [7, 11) is 0. The van der Waals surface area contributed by atoms with Crippen molar-refractivity contribution in [1.29, 1.82) is 0 Å². The van der Waals surface area contributed by atoms with Gasteiger partial charge in [0.25, 0.3) is 11.8 Å². The Morgan fingerprint density at radius 3 is 2.77 bits per heavy atom. The van der Waals surface area contributed by atoms with E-state index in [1.54, 1.807) is 17.0 Å². The van der Waals surface area contributed by atoms with Crippen LogP contribution < -0.4 is 11.1 Å². The van der Waals surface area contributed by atoms with Gasteiger partial charge in [-0.15, -0.1) is 0 Å². The summed E-state index contributed by atoms with van der Waals surface area (Å²) in [5.74, 6) is -1.18. The molecule has 0 unspecified atom stereocenters. The number of aromatic amines is 1. The number of fused-ring (bicyclic) bond motifs is 2. The quantitative estimate of drug-likeness (QED) is 0.618. The van der Waals surface area contributed by atoms with Crippen LogP contribution in [0.4, 0.5) is 5.69 Å². The zero-order valence-electron chi connectivity index (χ0n) is 16.8. The second-order valence-corrected chi connectivity index (χ2v) is 7.59. The van der Waals surface area contributed by atoms with E-state index in [2.05, 4.69) is 15.3 Å². The fraction of sp³-hybridized carbons (Fsp3) is 0.273. The van der Waals surface area contributed by atoms with Gasteiger partial charge in [0, 0.05) is 12.2 Å².